The van der Waals surface area contributed by atoms with Gasteiger partial charge in [-0.3, -0.25) is 4.79 Å². The minimum atomic E-state index is -1.53. The monoisotopic (exact) mass is 183 g/mol. The van der Waals surface area contributed by atoms with Crippen molar-refractivity contribution in [2.75, 3.05) is 5.32 Å². The van der Waals surface area contributed by atoms with E-state index >= 15 is 0 Å². The Hall–Kier alpha value is -1.82. The van der Waals surface area contributed by atoms with Crippen LogP contribution in [0.4, 0.5) is 5.69 Å². The van der Waals surface area contributed by atoms with Crippen LogP contribution in [0.3, 0.4) is 0 Å². The number of carboxylic acid groups (broad SMARTS) is 1. The molecule has 0 radical (unpaired) electrons. The zero-order valence-electron chi connectivity index (χ0n) is 6.65. The lowest BCUT2D eigenvalue weighted by atomic mass is 10.3. The summed E-state index contributed by atoms with van der Waals surface area (Å²) >= 11 is 0. The number of carboxylic acids is 1. The van der Waals surface area contributed by atoms with Gasteiger partial charge >= 0.3 is 5.97 Å². The average Bonchev–Trinajstić information content (AvgIpc) is 2.55. The highest BCUT2D eigenvalue weighted by molar-refractivity contribution is 6.07. The predicted molar refractivity (Wildman–Crippen MR) is 45.0 cm³/mol. The van der Waals surface area contributed by atoms with Gasteiger partial charge in [0.05, 0.1) is 5.69 Å². The Balaban J connectivity index is 2.56. The number of hydrogen-bond donors (Lipinski definition) is 4. The van der Waals surface area contributed by atoms with E-state index in [-0.39, 0.29) is 0 Å². The fraction of sp³-hybridized carbons (Fsp3) is 0.143. The van der Waals surface area contributed by atoms with Crippen molar-refractivity contribution in [3.8, 4) is 0 Å². The van der Waals surface area contributed by atoms with Crippen LogP contribution >= 0.6 is 0 Å². The average molecular weight is 183 g/mol. The first-order valence-corrected chi connectivity index (χ1v) is 3.53. The van der Waals surface area contributed by atoms with Gasteiger partial charge in [-0.2, -0.15) is 0 Å². The molecule has 0 aliphatic carbocycles. The van der Waals surface area contributed by atoms with Crippen molar-refractivity contribution >= 4 is 17.6 Å². The second-order valence-corrected chi connectivity index (χ2v) is 2.40. The van der Waals surface area contributed by atoms with Gasteiger partial charge in [0.2, 0.25) is 0 Å². The van der Waals surface area contributed by atoms with Crippen molar-refractivity contribution in [3.63, 3.8) is 0 Å². The maximum atomic E-state index is 11.0. The smallest absolute Gasteiger partial charge is 0.330 e. The number of amides is 1. The highest BCUT2D eigenvalue weighted by Crippen LogP contribution is 2.03. The number of aromatic nitrogens is 1. The van der Waals surface area contributed by atoms with Gasteiger partial charge in [0.1, 0.15) is 0 Å². The lowest BCUT2D eigenvalue weighted by Crippen LogP contribution is -2.42. The second kappa shape index (κ2) is 3.72. The normalized spacial score (nSPS) is 12.1. The van der Waals surface area contributed by atoms with Crippen LogP contribution in [0.25, 0.3) is 0 Å². The topological polar surface area (TPSA) is 108 Å². The molecule has 0 spiro atoms. The molecular weight excluding hydrogens is 174 g/mol. The van der Waals surface area contributed by atoms with Gasteiger partial charge in [0.15, 0.2) is 6.04 Å². The van der Waals surface area contributed by atoms with E-state index in [1.54, 1.807) is 12.3 Å². The standard InChI is InChI=1S/C7H9N3O3/c8-5(7(12)13)6(11)10-4-1-2-9-3-4/h1-3,5,9H,8H2,(H,10,11)(H,12,13). The third kappa shape index (κ3) is 2.31. The van der Waals surface area contributed by atoms with E-state index in [0.29, 0.717) is 5.69 Å². The molecule has 1 heterocycles. The summed E-state index contributed by atoms with van der Waals surface area (Å²) in [4.78, 5) is 24.0. The number of aromatic amines is 1. The van der Waals surface area contributed by atoms with Crippen LogP contribution in [0.1, 0.15) is 0 Å². The Morgan fingerprint density at radius 1 is 1.62 bits per heavy atom. The van der Waals surface area contributed by atoms with Crippen LogP contribution in [-0.2, 0) is 9.59 Å². The van der Waals surface area contributed by atoms with Gasteiger partial charge in [-0.05, 0) is 6.07 Å². The lowest BCUT2D eigenvalue weighted by Gasteiger charge is -2.05. The molecule has 13 heavy (non-hydrogen) atoms. The molecule has 0 saturated heterocycles. The Morgan fingerprint density at radius 2 is 2.31 bits per heavy atom. The molecule has 0 aliphatic heterocycles. The number of rotatable bonds is 3. The summed E-state index contributed by atoms with van der Waals surface area (Å²) < 4.78 is 0. The summed E-state index contributed by atoms with van der Waals surface area (Å²) in [7, 11) is 0. The summed E-state index contributed by atoms with van der Waals surface area (Å²) in [6.45, 7) is 0. The molecule has 0 aliphatic rings. The van der Waals surface area contributed by atoms with Crippen LogP contribution < -0.4 is 11.1 Å². The number of hydrogen-bond acceptors (Lipinski definition) is 3. The largest absolute Gasteiger partial charge is 0.480 e. The van der Waals surface area contributed by atoms with Crippen molar-refractivity contribution in [3.05, 3.63) is 18.5 Å². The van der Waals surface area contributed by atoms with Crippen molar-refractivity contribution < 1.29 is 14.7 Å². The maximum Gasteiger partial charge on any atom is 0.330 e. The van der Waals surface area contributed by atoms with Crippen LogP contribution in [0, 0.1) is 0 Å². The third-order valence-electron chi connectivity index (χ3n) is 1.41. The van der Waals surface area contributed by atoms with E-state index in [4.69, 9.17) is 10.8 Å². The van der Waals surface area contributed by atoms with Crippen LogP contribution in [0.2, 0.25) is 0 Å². The molecule has 0 aromatic carbocycles. The quantitative estimate of drug-likeness (QED) is 0.467. The van der Waals surface area contributed by atoms with E-state index < -0.39 is 17.9 Å². The van der Waals surface area contributed by atoms with Crippen molar-refractivity contribution in [1.82, 2.24) is 4.98 Å². The zero-order chi connectivity index (χ0) is 9.84. The van der Waals surface area contributed by atoms with E-state index in [2.05, 4.69) is 10.3 Å². The summed E-state index contributed by atoms with van der Waals surface area (Å²) in [6.07, 6.45) is 3.12. The molecule has 1 aromatic rings. The second-order valence-electron chi connectivity index (χ2n) is 2.40. The fourth-order valence-corrected chi connectivity index (χ4v) is 0.734. The van der Waals surface area contributed by atoms with Crippen molar-refractivity contribution in [2.24, 2.45) is 5.73 Å². The third-order valence-corrected chi connectivity index (χ3v) is 1.41. The van der Waals surface area contributed by atoms with Gasteiger partial charge in [0.25, 0.3) is 5.91 Å². The number of H-pyrrole nitrogens is 1. The Kier molecular flexibility index (Phi) is 2.65. The highest BCUT2D eigenvalue weighted by atomic mass is 16.4. The minimum Gasteiger partial charge on any atom is -0.480 e. The molecule has 1 rings (SSSR count). The Bertz CT molecular complexity index is 307. The number of carbonyl (C=O) groups excluding carboxylic acids is 1. The first kappa shape index (κ1) is 9.27. The number of nitrogens with one attached hydrogen (secondary N) is 2. The van der Waals surface area contributed by atoms with Gasteiger partial charge < -0.3 is 21.1 Å². The van der Waals surface area contributed by atoms with Gasteiger partial charge in [-0.25, -0.2) is 4.79 Å². The number of nitrogens with two attached hydrogens (primary N) is 1. The predicted octanol–water partition coefficient (Wildman–Crippen LogP) is -0.635. The molecule has 70 valence electrons. The minimum absolute atomic E-state index is 0.488. The summed E-state index contributed by atoms with van der Waals surface area (Å²) in [5.74, 6) is -2.10. The Labute approximate surface area is 73.7 Å². The van der Waals surface area contributed by atoms with Crippen molar-refractivity contribution in [1.29, 1.82) is 0 Å². The molecule has 1 aromatic heterocycles. The van der Waals surface area contributed by atoms with Crippen LogP contribution in [0.5, 0.6) is 0 Å². The fourth-order valence-electron chi connectivity index (χ4n) is 0.734. The molecule has 6 heteroatoms. The van der Waals surface area contributed by atoms with Crippen LogP contribution in [0.15, 0.2) is 18.5 Å². The number of aliphatic carboxylic acids is 1. The maximum absolute atomic E-state index is 11.0. The number of carbonyl (C=O) groups is 2. The number of anilines is 1. The Morgan fingerprint density at radius 3 is 2.77 bits per heavy atom. The summed E-state index contributed by atoms with van der Waals surface area (Å²) in [5.41, 5.74) is 5.54. The van der Waals surface area contributed by atoms with Gasteiger partial charge in [-0.1, -0.05) is 0 Å². The highest BCUT2D eigenvalue weighted by Gasteiger charge is 2.20. The van der Waals surface area contributed by atoms with Gasteiger partial charge in [-0.15, -0.1) is 0 Å². The van der Waals surface area contributed by atoms with Gasteiger partial charge in [0, 0.05) is 12.4 Å². The summed E-state index contributed by atoms with van der Waals surface area (Å²) in [6, 6.07) is 0.0573. The molecule has 5 N–H and O–H groups in total. The SMILES string of the molecule is NC(C(=O)O)C(=O)Nc1cc[nH]c1. The molecule has 1 unspecified atom stereocenters. The zero-order valence-corrected chi connectivity index (χ0v) is 6.65. The van der Waals surface area contributed by atoms with E-state index in [9.17, 15) is 9.59 Å². The van der Waals surface area contributed by atoms with E-state index in [0.717, 1.165) is 0 Å². The molecule has 0 bridgehead atoms. The van der Waals surface area contributed by atoms with Crippen molar-refractivity contribution in [2.45, 2.75) is 6.04 Å². The summed E-state index contributed by atoms with van der Waals surface area (Å²) in [5, 5.41) is 10.7. The molecule has 1 amide bonds. The molecule has 6 nitrogen and oxygen atoms in total. The lowest BCUT2D eigenvalue weighted by molar-refractivity contribution is -0.141. The molecule has 0 saturated carbocycles. The molecule has 0 fully saturated rings. The van der Waals surface area contributed by atoms with E-state index in [1.807, 2.05) is 0 Å². The molecule has 1 atom stereocenters. The molecular formula is C7H9N3O3. The first-order chi connectivity index (χ1) is 6.11. The van der Waals surface area contributed by atoms with E-state index in [1.165, 1.54) is 6.20 Å². The first-order valence-electron chi connectivity index (χ1n) is 3.53. The van der Waals surface area contributed by atoms with Crippen LogP contribution in [-0.4, -0.2) is 28.0 Å².